The van der Waals surface area contributed by atoms with Crippen LogP contribution < -0.4 is 9.73 Å². The first-order chi connectivity index (χ1) is 14.7. The molecule has 0 spiro atoms. The highest BCUT2D eigenvalue weighted by Crippen LogP contribution is 2.20. The lowest BCUT2D eigenvalue weighted by atomic mass is 10.1. The fourth-order valence-corrected chi connectivity index (χ4v) is 3.87. The van der Waals surface area contributed by atoms with Gasteiger partial charge in [-0.2, -0.15) is 5.10 Å². The van der Waals surface area contributed by atoms with Crippen molar-refractivity contribution in [2.24, 2.45) is 5.10 Å². The zero-order chi connectivity index (χ0) is 22.4. The third-order valence-electron chi connectivity index (χ3n) is 4.78. The van der Waals surface area contributed by atoms with Crippen molar-refractivity contribution in [3.63, 3.8) is 0 Å². The first-order valence-electron chi connectivity index (χ1n) is 9.77. The molecule has 0 aromatic heterocycles. The molecule has 31 heavy (non-hydrogen) atoms. The lowest BCUT2D eigenvalue weighted by molar-refractivity contribution is 0.0955. The Kier molecular flexibility index (Phi) is 6.87. The third-order valence-corrected chi connectivity index (χ3v) is 5.92. The van der Waals surface area contributed by atoms with E-state index in [1.807, 2.05) is 44.2 Å². The Morgan fingerprint density at radius 3 is 2.06 bits per heavy atom. The number of aryl methyl sites for hydroxylation is 1. The first kappa shape index (κ1) is 22.2. The van der Waals surface area contributed by atoms with Crippen molar-refractivity contribution < 1.29 is 13.2 Å². The highest BCUT2D eigenvalue weighted by Gasteiger charge is 2.17. The second-order valence-corrected chi connectivity index (χ2v) is 9.21. The van der Waals surface area contributed by atoms with Gasteiger partial charge < -0.3 is 0 Å². The molecule has 0 heterocycles. The lowest BCUT2D eigenvalue weighted by Crippen LogP contribution is -2.29. The van der Waals surface area contributed by atoms with Crippen LogP contribution in [0.4, 0.5) is 5.69 Å². The van der Waals surface area contributed by atoms with E-state index in [0.717, 1.165) is 16.7 Å². The summed E-state index contributed by atoms with van der Waals surface area (Å²) in [4.78, 5) is 12.4. The maximum Gasteiger partial charge on any atom is 0.271 e. The molecular formula is C24H25N3O3S. The number of nitrogens with one attached hydrogen (secondary N) is 1. The summed E-state index contributed by atoms with van der Waals surface area (Å²) in [6.45, 7) is 4.02. The molecule has 0 aliphatic carbocycles. The summed E-state index contributed by atoms with van der Waals surface area (Å²) in [6, 6.07) is 23.6. The van der Waals surface area contributed by atoms with Gasteiger partial charge in [0.25, 0.3) is 5.91 Å². The van der Waals surface area contributed by atoms with Crippen LogP contribution in [-0.2, 0) is 16.6 Å². The van der Waals surface area contributed by atoms with Crippen molar-refractivity contribution in [3.05, 3.63) is 101 Å². The molecule has 160 valence electrons. The number of para-hydroxylation sites is 1. The SMILES string of the molecule is CC(=NNC(=O)c1ccc(CN(c2ccccc2)S(C)(=O)=O)cc1)c1ccc(C)cc1. The highest BCUT2D eigenvalue weighted by molar-refractivity contribution is 7.92. The van der Waals surface area contributed by atoms with Crippen LogP contribution >= 0.6 is 0 Å². The van der Waals surface area contributed by atoms with Crippen molar-refractivity contribution in [2.75, 3.05) is 10.6 Å². The van der Waals surface area contributed by atoms with E-state index >= 15 is 0 Å². The molecule has 0 aliphatic heterocycles. The summed E-state index contributed by atoms with van der Waals surface area (Å²) in [6.07, 6.45) is 1.18. The highest BCUT2D eigenvalue weighted by atomic mass is 32.2. The van der Waals surface area contributed by atoms with Crippen LogP contribution in [-0.4, -0.2) is 26.3 Å². The van der Waals surface area contributed by atoms with Crippen molar-refractivity contribution in [3.8, 4) is 0 Å². The van der Waals surface area contributed by atoms with Gasteiger partial charge in [-0.05, 0) is 49.2 Å². The molecule has 6 nitrogen and oxygen atoms in total. The molecule has 0 radical (unpaired) electrons. The molecule has 0 saturated heterocycles. The number of rotatable bonds is 7. The predicted octanol–water partition coefficient (Wildman–Crippen LogP) is 4.12. The second-order valence-electron chi connectivity index (χ2n) is 7.31. The van der Waals surface area contributed by atoms with E-state index in [4.69, 9.17) is 0 Å². The molecular weight excluding hydrogens is 410 g/mol. The van der Waals surface area contributed by atoms with Crippen LogP contribution in [0.15, 0.2) is 84.0 Å². The van der Waals surface area contributed by atoms with Crippen molar-refractivity contribution in [2.45, 2.75) is 20.4 Å². The summed E-state index contributed by atoms with van der Waals surface area (Å²) in [5.41, 5.74) is 7.16. The van der Waals surface area contributed by atoms with Crippen LogP contribution in [0.3, 0.4) is 0 Å². The van der Waals surface area contributed by atoms with Crippen molar-refractivity contribution >= 4 is 27.3 Å². The quantitative estimate of drug-likeness (QED) is 0.448. The van der Waals surface area contributed by atoms with Gasteiger partial charge in [-0.25, -0.2) is 13.8 Å². The standard InChI is InChI=1S/C24H25N3O3S/c1-18-9-13-21(14-10-18)19(2)25-26-24(28)22-15-11-20(12-16-22)17-27(31(3,29)30)23-7-5-4-6-8-23/h4-16H,17H2,1-3H3,(H,26,28). The number of hydrazone groups is 1. The van der Waals surface area contributed by atoms with Crippen molar-refractivity contribution in [1.29, 1.82) is 0 Å². The number of amides is 1. The molecule has 3 aromatic carbocycles. The average molecular weight is 436 g/mol. The molecule has 3 rings (SSSR count). The van der Waals surface area contributed by atoms with Gasteiger partial charge in [0.05, 0.1) is 24.2 Å². The van der Waals surface area contributed by atoms with E-state index in [1.165, 1.54) is 10.6 Å². The van der Waals surface area contributed by atoms with Gasteiger partial charge in [0.15, 0.2) is 0 Å². The number of sulfonamides is 1. The third kappa shape index (κ3) is 6.02. The number of carbonyl (C=O) groups is 1. The molecule has 0 saturated carbocycles. The number of carbonyl (C=O) groups excluding carboxylic acids is 1. The first-order valence-corrected chi connectivity index (χ1v) is 11.6. The largest absolute Gasteiger partial charge is 0.271 e. The number of benzene rings is 3. The van der Waals surface area contributed by atoms with Gasteiger partial charge >= 0.3 is 0 Å². The molecule has 0 atom stereocenters. The van der Waals surface area contributed by atoms with E-state index in [1.54, 1.807) is 48.5 Å². The summed E-state index contributed by atoms with van der Waals surface area (Å²) < 4.78 is 25.8. The van der Waals surface area contributed by atoms with Crippen LogP contribution in [0.1, 0.15) is 34.0 Å². The fraction of sp³-hybridized carbons (Fsp3) is 0.167. The molecule has 3 aromatic rings. The van der Waals surface area contributed by atoms with Crippen LogP contribution in [0.2, 0.25) is 0 Å². The van der Waals surface area contributed by atoms with Gasteiger partial charge in [0.1, 0.15) is 0 Å². The number of nitrogens with zero attached hydrogens (tertiary/aromatic N) is 2. The summed E-state index contributed by atoms with van der Waals surface area (Å²) in [5.74, 6) is -0.332. The Hall–Kier alpha value is -3.45. The van der Waals surface area contributed by atoms with Crippen LogP contribution in [0.25, 0.3) is 0 Å². The smallest absolute Gasteiger partial charge is 0.267 e. The lowest BCUT2D eigenvalue weighted by Gasteiger charge is -2.22. The summed E-state index contributed by atoms with van der Waals surface area (Å²) in [7, 11) is -3.45. The Morgan fingerprint density at radius 1 is 0.903 bits per heavy atom. The number of hydrogen-bond donors (Lipinski definition) is 1. The maximum absolute atomic E-state index is 12.4. The molecule has 1 amide bonds. The molecule has 0 unspecified atom stereocenters. The topological polar surface area (TPSA) is 78.8 Å². The predicted molar refractivity (Wildman–Crippen MR) is 125 cm³/mol. The molecule has 1 N–H and O–H groups in total. The van der Waals surface area contributed by atoms with E-state index in [0.29, 0.717) is 17.0 Å². The minimum Gasteiger partial charge on any atom is -0.267 e. The van der Waals surface area contributed by atoms with Gasteiger partial charge in [-0.3, -0.25) is 9.10 Å². The molecule has 0 fully saturated rings. The minimum absolute atomic E-state index is 0.176. The molecule has 0 aliphatic rings. The Balaban J connectivity index is 1.69. The van der Waals surface area contributed by atoms with Crippen LogP contribution in [0, 0.1) is 6.92 Å². The van der Waals surface area contributed by atoms with E-state index in [-0.39, 0.29) is 12.5 Å². The Bertz CT molecular complexity index is 1170. The van der Waals surface area contributed by atoms with Gasteiger partial charge in [0.2, 0.25) is 10.0 Å². The number of hydrogen-bond acceptors (Lipinski definition) is 4. The van der Waals surface area contributed by atoms with E-state index in [2.05, 4.69) is 10.5 Å². The van der Waals surface area contributed by atoms with E-state index in [9.17, 15) is 13.2 Å². The van der Waals surface area contributed by atoms with Gasteiger partial charge in [0, 0.05) is 5.56 Å². The summed E-state index contributed by atoms with van der Waals surface area (Å²) in [5, 5.41) is 4.17. The average Bonchev–Trinajstić information content (AvgIpc) is 2.76. The Labute approximate surface area is 183 Å². The minimum atomic E-state index is -3.45. The summed E-state index contributed by atoms with van der Waals surface area (Å²) >= 11 is 0. The zero-order valence-electron chi connectivity index (χ0n) is 17.7. The number of anilines is 1. The fourth-order valence-electron chi connectivity index (χ4n) is 2.98. The van der Waals surface area contributed by atoms with E-state index < -0.39 is 10.0 Å². The van der Waals surface area contributed by atoms with Gasteiger partial charge in [-0.1, -0.05) is 60.2 Å². The van der Waals surface area contributed by atoms with Gasteiger partial charge in [-0.15, -0.1) is 0 Å². The molecule has 0 bridgehead atoms. The zero-order valence-corrected chi connectivity index (χ0v) is 18.6. The van der Waals surface area contributed by atoms with Crippen molar-refractivity contribution in [1.82, 2.24) is 5.43 Å². The van der Waals surface area contributed by atoms with Crippen LogP contribution in [0.5, 0.6) is 0 Å². The normalized spacial score (nSPS) is 11.8. The Morgan fingerprint density at radius 2 is 1.48 bits per heavy atom. The monoisotopic (exact) mass is 435 g/mol. The molecule has 7 heteroatoms. The maximum atomic E-state index is 12.4. The second kappa shape index (κ2) is 9.57.